The van der Waals surface area contributed by atoms with Gasteiger partial charge >= 0.3 is 17.8 Å². The predicted octanol–water partition coefficient (Wildman–Crippen LogP) is 2.38. The number of ether oxygens (including phenoxy) is 2. The first kappa shape index (κ1) is 17.2. The van der Waals surface area contributed by atoms with Crippen molar-refractivity contribution in [2.75, 3.05) is 18.8 Å². The molecule has 0 aliphatic carbocycles. The zero-order valence-electron chi connectivity index (χ0n) is 14.1. The molecule has 3 aliphatic heterocycles. The number of piperidine rings is 1. The molecule has 3 atom stereocenters. The number of carbonyl (C=O) groups excluding carboxylic acids is 2. The predicted molar refractivity (Wildman–Crippen MR) is 92.1 cm³/mol. The van der Waals surface area contributed by atoms with Gasteiger partial charge in [-0.05, 0) is 24.5 Å². The third-order valence-corrected chi connectivity index (χ3v) is 6.91. The van der Waals surface area contributed by atoms with E-state index in [-0.39, 0.29) is 11.8 Å². The van der Waals surface area contributed by atoms with E-state index in [1.54, 1.807) is 11.8 Å². The highest BCUT2D eigenvalue weighted by Gasteiger charge is 2.68. The van der Waals surface area contributed by atoms with E-state index in [0.29, 0.717) is 0 Å². The number of thioether (sulfide) groups is 1. The fourth-order valence-electron chi connectivity index (χ4n) is 4.03. The molecular formula is C16H21N3O4S2. The molecule has 1 aromatic heterocycles. The van der Waals surface area contributed by atoms with Crippen LogP contribution in [0.5, 0.6) is 0 Å². The normalized spacial score (nSPS) is 29.4. The van der Waals surface area contributed by atoms with Gasteiger partial charge in [-0.2, -0.15) is 8.75 Å². The zero-order valence-corrected chi connectivity index (χ0v) is 15.7. The van der Waals surface area contributed by atoms with Crippen molar-refractivity contribution in [1.29, 1.82) is 0 Å². The van der Waals surface area contributed by atoms with Gasteiger partial charge in [-0.1, -0.05) is 26.2 Å². The SMILES string of the molecule is CCCCCCSc1nsnc1C1C2CCN(C2)C12OC(=O)C(=O)O2. The maximum Gasteiger partial charge on any atom is 0.421 e. The summed E-state index contributed by atoms with van der Waals surface area (Å²) in [5.41, 5.74) is 0.820. The molecule has 3 saturated heterocycles. The molecule has 3 fully saturated rings. The summed E-state index contributed by atoms with van der Waals surface area (Å²) in [5, 5.41) is 0.888. The van der Waals surface area contributed by atoms with E-state index in [9.17, 15) is 9.59 Å². The fraction of sp³-hybridized carbons (Fsp3) is 0.750. The van der Waals surface area contributed by atoms with Crippen molar-refractivity contribution in [2.45, 2.75) is 55.9 Å². The number of unbranched alkanes of at least 4 members (excludes halogenated alkanes) is 3. The number of fused-ring (bicyclic) bond motifs is 3. The quantitative estimate of drug-likeness (QED) is 0.307. The molecule has 0 N–H and O–H groups in total. The lowest BCUT2D eigenvalue weighted by atomic mass is 9.87. The third kappa shape index (κ3) is 2.86. The van der Waals surface area contributed by atoms with Crippen molar-refractivity contribution in [3.63, 3.8) is 0 Å². The monoisotopic (exact) mass is 383 g/mol. The third-order valence-electron chi connectivity index (χ3n) is 5.19. The Labute approximate surface area is 154 Å². The van der Waals surface area contributed by atoms with E-state index in [4.69, 9.17) is 9.47 Å². The molecule has 7 nitrogen and oxygen atoms in total. The molecule has 25 heavy (non-hydrogen) atoms. The van der Waals surface area contributed by atoms with E-state index in [0.717, 1.165) is 42.4 Å². The van der Waals surface area contributed by atoms with E-state index < -0.39 is 17.8 Å². The Morgan fingerprint density at radius 2 is 2.04 bits per heavy atom. The van der Waals surface area contributed by atoms with Crippen LogP contribution in [0.15, 0.2) is 5.03 Å². The Morgan fingerprint density at radius 3 is 2.80 bits per heavy atom. The van der Waals surface area contributed by atoms with Crippen LogP contribution in [0.2, 0.25) is 0 Å². The summed E-state index contributed by atoms with van der Waals surface area (Å²) in [5.74, 6) is -2.10. The van der Waals surface area contributed by atoms with E-state index in [2.05, 4.69) is 15.7 Å². The van der Waals surface area contributed by atoms with Crippen molar-refractivity contribution in [3.8, 4) is 0 Å². The first-order valence-corrected chi connectivity index (χ1v) is 10.5. The molecule has 0 saturated carbocycles. The number of nitrogens with zero attached hydrogens (tertiary/aromatic N) is 3. The summed E-state index contributed by atoms with van der Waals surface area (Å²) in [6.07, 6.45) is 5.81. The fourth-order valence-corrected chi connectivity index (χ4v) is 5.76. The molecule has 0 amide bonds. The molecule has 4 heterocycles. The molecule has 3 aliphatic rings. The topological polar surface area (TPSA) is 81.6 Å². The molecular weight excluding hydrogens is 362 g/mol. The van der Waals surface area contributed by atoms with Crippen LogP contribution < -0.4 is 0 Å². The van der Waals surface area contributed by atoms with Crippen LogP contribution in [-0.2, 0) is 19.1 Å². The highest BCUT2D eigenvalue weighted by Crippen LogP contribution is 2.55. The summed E-state index contributed by atoms with van der Waals surface area (Å²) < 4.78 is 19.8. The summed E-state index contributed by atoms with van der Waals surface area (Å²) in [6.45, 7) is 3.71. The summed E-state index contributed by atoms with van der Waals surface area (Å²) >= 11 is 2.87. The number of carbonyl (C=O) groups is 2. The highest BCUT2D eigenvalue weighted by molar-refractivity contribution is 7.99. The number of esters is 2. The minimum absolute atomic E-state index is 0.242. The van der Waals surface area contributed by atoms with Gasteiger partial charge in [0.05, 0.1) is 11.7 Å². The Kier molecular flexibility index (Phi) is 4.72. The van der Waals surface area contributed by atoms with Crippen LogP contribution in [0.4, 0.5) is 0 Å². The molecule has 3 unspecified atom stereocenters. The van der Waals surface area contributed by atoms with Crippen LogP contribution >= 0.6 is 23.5 Å². The number of hydrogen-bond donors (Lipinski definition) is 0. The molecule has 1 aromatic rings. The minimum Gasteiger partial charge on any atom is -0.399 e. The molecule has 2 bridgehead atoms. The Balaban J connectivity index is 1.54. The molecule has 0 aromatic carbocycles. The second kappa shape index (κ2) is 6.85. The second-order valence-corrected chi connectivity index (χ2v) is 8.36. The zero-order chi connectivity index (χ0) is 17.4. The smallest absolute Gasteiger partial charge is 0.399 e. The van der Waals surface area contributed by atoms with Gasteiger partial charge in [-0.25, -0.2) is 14.5 Å². The van der Waals surface area contributed by atoms with Gasteiger partial charge in [0.1, 0.15) is 16.6 Å². The second-order valence-electron chi connectivity index (χ2n) is 6.75. The van der Waals surface area contributed by atoms with Crippen molar-refractivity contribution >= 4 is 35.4 Å². The summed E-state index contributed by atoms with van der Waals surface area (Å²) in [7, 11) is 0. The van der Waals surface area contributed by atoms with Gasteiger partial charge in [0.15, 0.2) is 0 Å². The highest BCUT2D eigenvalue weighted by atomic mass is 32.2. The van der Waals surface area contributed by atoms with E-state index in [1.807, 2.05) is 4.90 Å². The molecule has 9 heteroatoms. The van der Waals surface area contributed by atoms with Crippen molar-refractivity contribution in [3.05, 3.63) is 5.69 Å². The summed E-state index contributed by atoms with van der Waals surface area (Å²) in [4.78, 5) is 25.4. The molecule has 0 radical (unpaired) electrons. The van der Waals surface area contributed by atoms with Crippen LogP contribution in [0.3, 0.4) is 0 Å². The average molecular weight is 383 g/mol. The van der Waals surface area contributed by atoms with Gasteiger partial charge in [-0.3, -0.25) is 0 Å². The van der Waals surface area contributed by atoms with Crippen molar-refractivity contribution < 1.29 is 19.1 Å². The van der Waals surface area contributed by atoms with E-state index >= 15 is 0 Å². The Morgan fingerprint density at radius 1 is 1.24 bits per heavy atom. The first-order valence-electron chi connectivity index (χ1n) is 8.82. The average Bonchev–Trinajstić information content (AvgIpc) is 3.33. The molecule has 4 rings (SSSR count). The number of aromatic nitrogens is 2. The lowest BCUT2D eigenvalue weighted by Gasteiger charge is -2.37. The van der Waals surface area contributed by atoms with Gasteiger partial charge in [0, 0.05) is 13.1 Å². The van der Waals surface area contributed by atoms with Crippen LogP contribution in [-0.4, -0.2) is 50.3 Å². The first-order chi connectivity index (χ1) is 12.2. The van der Waals surface area contributed by atoms with Crippen molar-refractivity contribution in [1.82, 2.24) is 13.6 Å². The lowest BCUT2D eigenvalue weighted by molar-refractivity contribution is -0.249. The number of hydrogen-bond acceptors (Lipinski definition) is 9. The summed E-state index contributed by atoms with van der Waals surface area (Å²) in [6, 6.07) is 0. The Bertz CT molecular complexity index is 664. The maximum atomic E-state index is 11.7. The molecule has 1 spiro atoms. The maximum absolute atomic E-state index is 11.7. The number of rotatable bonds is 7. The van der Waals surface area contributed by atoms with Crippen LogP contribution in [0, 0.1) is 5.92 Å². The lowest BCUT2D eigenvalue weighted by Crippen LogP contribution is -2.50. The van der Waals surface area contributed by atoms with Crippen molar-refractivity contribution in [2.24, 2.45) is 5.92 Å². The van der Waals surface area contributed by atoms with Gasteiger partial charge in [-0.15, -0.1) is 11.8 Å². The van der Waals surface area contributed by atoms with Gasteiger partial charge in [0.25, 0.3) is 0 Å². The largest absolute Gasteiger partial charge is 0.421 e. The molecule has 136 valence electrons. The van der Waals surface area contributed by atoms with Gasteiger partial charge in [0.2, 0.25) is 0 Å². The van der Waals surface area contributed by atoms with Gasteiger partial charge < -0.3 is 9.47 Å². The van der Waals surface area contributed by atoms with Crippen LogP contribution in [0.1, 0.15) is 50.6 Å². The van der Waals surface area contributed by atoms with Crippen LogP contribution in [0.25, 0.3) is 0 Å². The standard InChI is InChI=1S/C16H21N3O4S2/c1-2-3-4-5-8-24-13-12(17-25-18-13)11-10-6-7-19(9-10)16(11)22-14(20)15(21)23-16/h10-11H,2-9H2,1H3. The Hall–Kier alpha value is -1.19. The minimum atomic E-state index is -1.30. The van der Waals surface area contributed by atoms with E-state index in [1.165, 1.54) is 31.0 Å².